The number of ether oxygens (including phenoxy) is 2. The molecule has 2 N–H and O–H groups in total. The van der Waals surface area contributed by atoms with E-state index in [0.717, 1.165) is 12.2 Å². The van der Waals surface area contributed by atoms with Crippen molar-refractivity contribution < 1.29 is 9.47 Å². The summed E-state index contributed by atoms with van der Waals surface area (Å²) < 4.78 is 10.8. The second kappa shape index (κ2) is 7.26. The zero-order valence-corrected chi connectivity index (χ0v) is 9.24. The molecule has 0 bridgehead atoms. The second-order valence-corrected chi connectivity index (χ2v) is 3.42. The van der Waals surface area contributed by atoms with Crippen molar-refractivity contribution in [1.29, 1.82) is 0 Å². The SMILES string of the molecule is Cc1cccc(OCCCOCCN)c1. The Balaban J connectivity index is 2.10. The first-order valence-electron chi connectivity index (χ1n) is 5.30. The van der Waals surface area contributed by atoms with Crippen molar-refractivity contribution in [3.05, 3.63) is 29.8 Å². The van der Waals surface area contributed by atoms with Crippen LogP contribution in [0.2, 0.25) is 0 Å². The first-order valence-corrected chi connectivity index (χ1v) is 5.30. The third-order valence-corrected chi connectivity index (χ3v) is 1.95. The minimum absolute atomic E-state index is 0.582. The summed E-state index contributed by atoms with van der Waals surface area (Å²) in [7, 11) is 0. The van der Waals surface area contributed by atoms with Crippen LogP contribution in [0.4, 0.5) is 0 Å². The Morgan fingerprint density at radius 2 is 2.07 bits per heavy atom. The molecule has 84 valence electrons. The summed E-state index contributed by atoms with van der Waals surface area (Å²) in [6.45, 7) is 4.66. The van der Waals surface area contributed by atoms with Gasteiger partial charge >= 0.3 is 0 Å². The van der Waals surface area contributed by atoms with Crippen LogP contribution in [0, 0.1) is 6.92 Å². The van der Waals surface area contributed by atoms with E-state index in [4.69, 9.17) is 15.2 Å². The van der Waals surface area contributed by atoms with Crippen molar-refractivity contribution in [3.8, 4) is 5.75 Å². The summed E-state index contributed by atoms with van der Waals surface area (Å²) >= 11 is 0. The van der Waals surface area contributed by atoms with E-state index in [1.165, 1.54) is 5.56 Å². The first-order chi connectivity index (χ1) is 7.33. The summed E-state index contributed by atoms with van der Waals surface area (Å²) in [4.78, 5) is 0. The molecule has 0 saturated carbocycles. The van der Waals surface area contributed by atoms with Crippen molar-refractivity contribution >= 4 is 0 Å². The van der Waals surface area contributed by atoms with Gasteiger partial charge in [0, 0.05) is 19.6 Å². The maximum atomic E-state index is 5.56. The Morgan fingerprint density at radius 1 is 1.20 bits per heavy atom. The zero-order valence-electron chi connectivity index (χ0n) is 9.24. The van der Waals surface area contributed by atoms with E-state index in [-0.39, 0.29) is 0 Å². The minimum atomic E-state index is 0.582. The van der Waals surface area contributed by atoms with E-state index >= 15 is 0 Å². The predicted octanol–water partition coefficient (Wildman–Crippen LogP) is 1.74. The van der Waals surface area contributed by atoms with Crippen LogP contribution in [0.1, 0.15) is 12.0 Å². The predicted molar refractivity (Wildman–Crippen MR) is 61.2 cm³/mol. The highest BCUT2D eigenvalue weighted by Crippen LogP contribution is 2.12. The Morgan fingerprint density at radius 3 is 2.80 bits per heavy atom. The molecule has 1 aromatic carbocycles. The van der Waals surface area contributed by atoms with Crippen LogP contribution in [0.25, 0.3) is 0 Å². The molecule has 0 aliphatic rings. The molecule has 1 aromatic rings. The highest BCUT2D eigenvalue weighted by Gasteiger charge is 1.93. The van der Waals surface area contributed by atoms with E-state index in [2.05, 4.69) is 13.0 Å². The summed E-state index contributed by atoms with van der Waals surface area (Å²) in [6, 6.07) is 8.04. The fourth-order valence-corrected chi connectivity index (χ4v) is 1.24. The van der Waals surface area contributed by atoms with Crippen LogP contribution in [-0.4, -0.2) is 26.4 Å². The van der Waals surface area contributed by atoms with Crippen molar-refractivity contribution in [2.24, 2.45) is 5.73 Å². The van der Waals surface area contributed by atoms with E-state index in [9.17, 15) is 0 Å². The van der Waals surface area contributed by atoms with Gasteiger partial charge < -0.3 is 15.2 Å². The topological polar surface area (TPSA) is 44.5 Å². The molecule has 0 aliphatic heterocycles. The standard InChI is InChI=1S/C12H19NO2/c1-11-4-2-5-12(10-11)15-8-3-7-14-9-6-13/h2,4-5,10H,3,6-9,13H2,1H3. The Labute approximate surface area is 91.2 Å². The number of rotatable bonds is 7. The summed E-state index contributed by atoms with van der Waals surface area (Å²) in [6.07, 6.45) is 0.897. The number of nitrogens with two attached hydrogens (primary N) is 1. The molecule has 0 aromatic heterocycles. The summed E-state index contributed by atoms with van der Waals surface area (Å²) in [5, 5.41) is 0. The lowest BCUT2D eigenvalue weighted by Crippen LogP contribution is -2.10. The maximum Gasteiger partial charge on any atom is 0.119 e. The molecule has 3 nitrogen and oxygen atoms in total. The Hall–Kier alpha value is -1.06. The quantitative estimate of drug-likeness (QED) is 0.696. The van der Waals surface area contributed by atoms with Gasteiger partial charge in [-0.05, 0) is 24.6 Å². The average Bonchev–Trinajstić information content (AvgIpc) is 2.23. The molecule has 0 heterocycles. The van der Waals surface area contributed by atoms with Gasteiger partial charge in [0.15, 0.2) is 0 Å². The van der Waals surface area contributed by atoms with Gasteiger partial charge in [-0.2, -0.15) is 0 Å². The van der Waals surface area contributed by atoms with Gasteiger partial charge in [0.25, 0.3) is 0 Å². The Kier molecular flexibility index (Phi) is 5.81. The normalized spacial score (nSPS) is 10.3. The molecule has 0 radical (unpaired) electrons. The van der Waals surface area contributed by atoms with Crippen LogP contribution < -0.4 is 10.5 Å². The number of benzene rings is 1. The highest BCUT2D eigenvalue weighted by molar-refractivity contribution is 5.27. The van der Waals surface area contributed by atoms with Crippen LogP contribution in [-0.2, 0) is 4.74 Å². The monoisotopic (exact) mass is 209 g/mol. The molecule has 0 fully saturated rings. The molecular formula is C12H19NO2. The van der Waals surface area contributed by atoms with E-state index in [0.29, 0.717) is 26.4 Å². The van der Waals surface area contributed by atoms with E-state index < -0.39 is 0 Å². The molecule has 15 heavy (non-hydrogen) atoms. The lowest BCUT2D eigenvalue weighted by Gasteiger charge is -2.06. The summed E-state index contributed by atoms with van der Waals surface area (Å²) in [5.41, 5.74) is 6.51. The molecule has 0 unspecified atom stereocenters. The largest absolute Gasteiger partial charge is 0.493 e. The van der Waals surface area contributed by atoms with Gasteiger partial charge in [0.2, 0.25) is 0 Å². The molecule has 0 aliphatic carbocycles. The van der Waals surface area contributed by atoms with Crippen molar-refractivity contribution in [2.75, 3.05) is 26.4 Å². The molecule has 3 heteroatoms. The lowest BCUT2D eigenvalue weighted by molar-refractivity contribution is 0.126. The van der Waals surface area contributed by atoms with Crippen molar-refractivity contribution in [1.82, 2.24) is 0 Å². The van der Waals surface area contributed by atoms with Crippen LogP contribution in [0.3, 0.4) is 0 Å². The average molecular weight is 209 g/mol. The molecule has 0 saturated heterocycles. The van der Waals surface area contributed by atoms with Crippen LogP contribution >= 0.6 is 0 Å². The third kappa shape index (κ3) is 5.40. The lowest BCUT2D eigenvalue weighted by atomic mass is 10.2. The number of hydrogen-bond acceptors (Lipinski definition) is 3. The molecular weight excluding hydrogens is 190 g/mol. The van der Waals surface area contributed by atoms with Gasteiger partial charge in [-0.15, -0.1) is 0 Å². The molecule has 0 amide bonds. The fraction of sp³-hybridized carbons (Fsp3) is 0.500. The number of hydrogen-bond donors (Lipinski definition) is 1. The molecule has 1 rings (SSSR count). The maximum absolute atomic E-state index is 5.56. The fourth-order valence-electron chi connectivity index (χ4n) is 1.24. The zero-order chi connectivity index (χ0) is 10.9. The second-order valence-electron chi connectivity index (χ2n) is 3.42. The first kappa shape index (κ1) is 12.0. The van der Waals surface area contributed by atoms with Gasteiger partial charge in [-0.1, -0.05) is 12.1 Å². The minimum Gasteiger partial charge on any atom is -0.493 e. The van der Waals surface area contributed by atoms with E-state index in [1.54, 1.807) is 0 Å². The number of aryl methyl sites for hydroxylation is 1. The Bertz CT molecular complexity index is 276. The van der Waals surface area contributed by atoms with Crippen molar-refractivity contribution in [3.63, 3.8) is 0 Å². The van der Waals surface area contributed by atoms with Crippen LogP contribution in [0.5, 0.6) is 5.75 Å². The molecule has 0 spiro atoms. The molecule has 0 atom stereocenters. The van der Waals surface area contributed by atoms with Gasteiger partial charge in [-0.3, -0.25) is 0 Å². The van der Waals surface area contributed by atoms with Crippen LogP contribution in [0.15, 0.2) is 24.3 Å². The van der Waals surface area contributed by atoms with E-state index in [1.807, 2.05) is 18.2 Å². The third-order valence-electron chi connectivity index (χ3n) is 1.95. The highest BCUT2D eigenvalue weighted by atomic mass is 16.5. The van der Waals surface area contributed by atoms with Crippen molar-refractivity contribution in [2.45, 2.75) is 13.3 Å². The smallest absolute Gasteiger partial charge is 0.119 e. The van der Waals surface area contributed by atoms with Gasteiger partial charge in [-0.25, -0.2) is 0 Å². The van der Waals surface area contributed by atoms with Gasteiger partial charge in [0.05, 0.1) is 13.2 Å². The summed E-state index contributed by atoms with van der Waals surface area (Å²) in [5.74, 6) is 0.925. The van der Waals surface area contributed by atoms with Gasteiger partial charge in [0.1, 0.15) is 5.75 Å².